The zero-order valence-corrected chi connectivity index (χ0v) is 6.92. The maximum Gasteiger partial charge on any atom is 0.0914 e. The van der Waals surface area contributed by atoms with Gasteiger partial charge in [-0.2, -0.15) is 0 Å². The van der Waals surface area contributed by atoms with Gasteiger partial charge < -0.3 is 9.84 Å². The fourth-order valence-corrected chi connectivity index (χ4v) is 1.37. The zero-order chi connectivity index (χ0) is 7.78. The summed E-state index contributed by atoms with van der Waals surface area (Å²) in [7, 11) is 0. The molecule has 2 nitrogen and oxygen atoms in total. The SMILES string of the molecule is CC1CCC(C)(C(C)O)O1. The molecule has 0 amide bonds. The van der Waals surface area contributed by atoms with E-state index in [4.69, 9.17) is 4.74 Å². The lowest BCUT2D eigenvalue weighted by molar-refractivity contribution is -0.0929. The molecule has 1 N–H and O–H groups in total. The molecule has 1 heterocycles. The van der Waals surface area contributed by atoms with Crippen LogP contribution in [0, 0.1) is 0 Å². The van der Waals surface area contributed by atoms with Crippen LogP contribution in [-0.4, -0.2) is 22.9 Å². The van der Waals surface area contributed by atoms with Crippen LogP contribution in [0.15, 0.2) is 0 Å². The summed E-state index contributed by atoms with van der Waals surface area (Å²) in [5.41, 5.74) is -0.278. The van der Waals surface area contributed by atoms with Crippen molar-refractivity contribution < 1.29 is 9.84 Å². The average molecular weight is 144 g/mol. The highest BCUT2D eigenvalue weighted by molar-refractivity contribution is 4.87. The van der Waals surface area contributed by atoms with Gasteiger partial charge in [0.05, 0.1) is 17.8 Å². The summed E-state index contributed by atoms with van der Waals surface area (Å²) in [5.74, 6) is 0. The lowest BCUT2D eigenvalue weighted by Crippen LogP contribution is -2.36. The molecule has 1 rings (SSSR count). The van der Waals surface area contributed by atoms with Crippen LogP contribution >= 0.6 is 0 Å². The molecular formula is C8H16O2. The largest absolute Gasteiger partial charge is 0.390 e. The Morgan fingerprint density at radius 2 is 2.30 bits per heavy atom. The molecule has 3 unspecified atom stereocenters. The topological polar surface area (TPSA) is 29.5 Å². The number of hydrogen-bond donors (Lipinski definition) is 1. The predicted octanol–water partition coefficient (Wildman–Crippen LogP) is 1.32. The summed E-state index contributed by atoms with van der Waals surface area (Å²) in [4.78, 5) is 0. The molecular weight excluding hydrogens is 128 g/mol. The molecule has 2 heteroatoms. The summed E-state index contributed by atoms with van der Waals surface area (Å²) < 4.78 is 5.56. The number of rotatable bonds is 1. The Morgan fingerprint density at radius 3 is 2.50 bits per heavy atom. The van der Waals surface area contributed by atoms with E-state index < -0.39 is 0 Å². The van der Waals surface area contributed by atoms with Crippen molar-refractivity contribution in [3.63, 3.8) is 0 Å². The summed E-state index contributed by atoms with van der Waals surface area (Å²) >= 11 is 0. The number of hydrogen-bond acceptors (Lipinski definition) is 2. The molecule has 0 aromatic rings. The summed E-state index contributed by atoms with van der Waals surface area (Å²) in [6.07, 6.45) is 2.02. The van der Waals surface area contributed by atoms with Crippen molar-refractivity contribution in [2.75, 3.05) is 0 Å². The first-order valence-electron chi connectivity index (χ1n) is 3.90. The van der Waals surface area contributed by atoms with Crippen LogP contribution < -0.4 is 0 Å². The van der Waals surface area contributed by atoms with Crippen molar-refractivity contribution in [1.29, 1.82) is 0 Å². The van der Waals surface area contributed by atoms with E-state index in [0.29, 0.717) is 6.10 Å². The van der Waals surface area contributed by atoms with E-state index in [1.165, 1.54) is 0 Å². The van der Waals surface area contributed by atoms with Gasteiger partial charge in [-0.25, -0.2) is 0 Å². The predicted molar refractivity (Wildman–Crippen MR) is 39.9 cm³/mol. The standard InChI is InChI=1S/C8H16O2/c1-6-4-5-8(3,10-6)7(2)9/h6-7,9H,4-5H2,1-3H3. The third-order valence-corrected chi connectivity index (χ3v) is 2.40. The summed E-state index contributed by atoms with van der Waals surface area (Å²) in [6, 6.07) is 0. The van der Waals surface area contributed by atoms with E-state index in [2.05, 4.69) is 0 Å². The highest BCUT2D eigenvalue weighted by Gasteiger charge is 2.37. The fraction of sp³-hybridized carbons (Fsp3) is 1.00. The molecule has 0 spiro atoms. The Hall–Kier alpha value is -0.0800. The highest BCUT2D eigenvalue weighted by atomic mass is 16.5. The molecule has 1 saturated heterocycles. The van der Waals surface area contributed by atoms with Crippen molar-refractivity contribution in [1.82, 2.24) is 0 Å². The van der Waals surface area contributed by atoms with E-state index in [1.807, 2.05) is 13.8 Å². The van der Waals surface area contributed by atoms with Gasteiger partial charge in [0.25, 0.3) is 0 Å². The number of ether oxygens (including phenoxy) is 1. The van der Waals surface area contributed by atoms with Crippen LogP contribution in [0.4, 0.5) is 0 Å². The molecule has 0 radical (unpaired) electrons. The van der Waals surface area contributed by atoms with Crippen LogP contribution in [0.2, 0.25) is 0 Å². The lowest BCUT2D eigenvalue weighted by atomic mass is 9.97. The van der Waals surface area contributed by atoms with Crippen molar-refractivity contribution in [3.8, 4) is 0 Å². The van der Waals surface area contributed by atoms with Gasteiger partial charge in [-0.3, -0.25) is 0 Å². The van der Waals surface area contributed by atoms with E-state index in [-0.39, 0.29) is 11.7 Å². The van der Waals surface area contributed by atoms with Gasteiger partial charge in [-0.1, -0.05) is 0 Å². The van der Waals surface area contributed by atoms with Gasteiger partial charge in [0, 0.05) is 0 Å². The summed E-state index contributed by atoms with van der Waals surface area (Å²) in [6.45, 7) is 5.81. The van der Waals surface area contributed by atoms with Crippen LogP contribution in [0.1, 0.15) is 33.6 Å². The second kappa shape index (κ2) is 2.51. The molecule has 0 bridgehead atoms. The molecule has 0 aromatic carbocycles. The molecule has 60 valence electrons. The van der Waals surface area contributed by atoms with Crippen LogP contribution in [-0.2, 0) is 4.74 Å². The average Bonchev–Trinajstić information content (AvgIpc) is 2.13. The van der Waals surface area contributed by atoms with Gasteiger partial charge in [-0.05, 0) is 33.6 Å². The first-order valence-corrected chi connectivity index (χ1v) is 3.90. The quantitative estimate of drug-likeness (QED) is 0.601. The van der Waals surface area contributed by atoms with Crippen LogP contribution in [0.3, 0.4) is 0 Å². The highest BCUT2D eigenvalue weighted by Crippen LogP contribution is 2.32. The van der Waals surface area contributed by atoms with Crippen molar-refractivity contribution >= 4 is 0 Å². The molecule has 3 atom stereocenters. The maximum atomic E-state index is 9.30. The minimum absolute atomic E-state index is 0.278. The van der Waals surface area contributed by atoms with E-state index in [0.717, 1.165) is 12.8 Å². The molecule has 1 aliphatic rings. The van der Waals surface area contributed by atoms with E-state index in [9.17, 15) is 5.11 Å². The number of aliphatic hydroxyl groups excluding tert-OH is 1. The van der Waals surface area contributed by atoms with E-state index >= 15 is 0 Å². The zero-order valence-electron chi connectivity index (χ0n) is 6.92. The minimum atomic E-state index is -0.350. The first kappa shape index (κ1) is 8.02. The van der Waals surface area contributed by atoms with Crippen LogP contribution in [0.5, 0.6) is 0 Å². The lowest BCUT2D eigenvalue weighted by Gasteiger charge is -2.27. The van der Waals surface area contributed by atoms with Crippen LogP contribution in [0.25, 0.3) is 0 Å². The Kier molecular flexibility index (Phi) is 2.02. The van der Waals surface area contributed by atoms with E-state index in [1.54, 1.807) is 6.92 Å². The molecule has 0 saturated carbocycles. The van der Waals surface area contributed by atoms with Gasteiger partial charge in [0.15, 0.2) is 0 Å². The van der Waals surface area contributed by atoms with Gasteiger partial charge in [0.1, 0.15) is 0 Å². The van der Waals surface area contributed by atoms with Gasteiger partial charge >= 0.3 is 0 Å². The van der Waals surface area contributed by atoms with Crippen molar-refractivity contribution in [3.05, 3.63) is 0 Å². The Labute approximate surface area is 62.2 Å². The Bertz CT molecular complexity index is 122. The second-order valence-electron chi connectivity index (χ2n) is 3.46. The third kappa shape index (κ3) is 1.32. The molecule has 1 aliphatic heterocycles. The minimum Gasteiger partial charge on any atom is -0.390 e. The van der Waals surface area contributed by atoms with Crippen molar-refractivity contribution in [2.24, 2.45) is 0 Å². The second-order valence-corrected chi connectivity index (χ2v) is 3.46. The smallest absolute Gasteiger partial charge is 0.0914 e. The first-order chi connectivity index (χ1) is 4.54. The molecule has 0 aromatic heterocycles. The number of aliphatic hydroxyl groups is 1. The third-order valence-electron chi connectivity index (χ3n) is 2.40. The molecule has 1 fully saturated rings. The van der Waals surface area contributed by atoms with Gasteiger partial charge in [0.2, 0.25) is 0 Å². The molecule has 10 heavy (non-hydrogen) atoms. The monoisotopic (exact) mass is 144 g/mol. The fourth-order valence-electron chi connectivity index (χ4n) is 1.37. The Morgan fingerprint density at radius 1 is 1.70 bits per heavy atom. The van der Waals surface area contributed by atoms with Crippen molar-refractivity contribution in [2.45, 2.75) is 51.4 Å². The normalized spacial score (nSPS) is 43.8. The molecule has 0 aliphatic carbocycles. The van der Waals surface area contributed by atoms with Gasteiger partial charge in [-0.15, -0.1) is 0 Å². The maximum absolute atomic E-state index is 9.30. The Balaban J connectivity index is 2.54. The summed E-state index contributed by atoms with van der Waals surface area (Å²) in [5, 5.41) is 9.30.